The zero-order chi connectivity index (χ0) is 15.4. The molecule has 3 atom stereocenters. The molecule has 0 saturated heterocycles. The molecule has 3 nitrogen and oxygen atoms in total. The number of esters is 1. The third-order valence-corrected chi connectivity index (χ3v) is 4.40. The van der Waals surface area contributed by atoms with Crippen LogP contribution < -0.4 is 0 Å². The van der Waals surface area contributed by atoms with Gasteiger partial charge in [-0.2, -0.15) is 0 Å². The molecule has 1 fully saturated rings. The van der Waals surface area contributed by atoms with Gasteiger partial charge in [-0.3, -0.25) is 4.79 Å². The molecule has 0 spiro atoms. The van der Waals surface area contributed by atoms with Gasteiger partial charge in [-0.15, -0.1) is 0 Å². The molecule has 1 saturated carbocycles. The van der Waals surface area contributed by atoms with E-state index in [9.17, 15) is 9.18 Å². The van der Waals surface area contributed by atoms with Gasteiger partial charge in [0.1, 0.15) is 5.82 Å². The minimum absolute atomic E-state index is 0.122. The Kier molecular flexibility index (Phi) is 5.34. The Morgan fingerprint density at radius 3 is 2.52 bits per heavy atom. The molecule has 0 aliphatic heterocycles. The van der Waals surface area contributed by atoms with Crippen molar-refractivity contribution < 1.29 is 13.9 Å². The van der Waals surface area contributed by atoms with Crippen LogP contribution in [0.3, 0.4) is 0 Å². The SMILES string of the molecule is COC(=O)C1C(CN(C)C)CCCC1c1ccc(F)cc1. The molecule has 1 aliphatic carbocycles. The predicted molar refractivity (Wildman–Crippen MR) is 80.5 cm³/mol. The van der Waals surface area contributed by atoms with Gasteiger partial charge in [-0.1, -0.05) is 18.6 Å². The summed E-state index contributed by atoms with van der Waals surface area (Å²) in [5.41, 5.74) is 1.04. The van der Waals surface area contributed by atoms with Crippen molar-refractivity contribution >= 4 is 5.97 Å². The first-order chi connectivity index (χ1) is 10.0. The van der Waals surface area contributed by atoms with Crippen LogP contribution in [0.4, 0.5) is 4.39 Å². The first kappa shape index (κ1) is 16.0. The quantitative estimate of drug-likeness (QED) is 0.799. The summed E-state index contributed by atoms with van der Waals surface area (Å²) in [6, 6.07) is 6.54. The summed E-state index contributed by atoms with van der Waals surface area (Å²) in [6.45, 7) is 0.872. The fourth-order valence-electron chi connectivity index (χ4n) is 3.54. The number of halogens is 1. The van der Waals surface area contributed by atoms with Crippen LogP contribution in [0, 0.1) is 17.7 Å². The Morgan fingerprint density at radius 2 is 1.95 bits per heavy atom. The Balaban J connectivity index is 2.28. The van der Waals surface area contributed by atoms with E-state index in [1.54, 1.807) is 12.1 Å². The molecule has 0 amide bonds. The Morgan fingerprint density at radius 1 is 1.29 bits per heavy atom. The zero-order valence-electron chi connectivity index (χ0n) is 13.0. The topological polar surface area (TPSA) is 29.5 Å². The van der Waals surface area contributed by atoms with Crippen molar-refractivity contribution in [3.05, 3.63) is 35.6 Å². The van der Waals surface area contributed by atoms with Crippen molar-refractivity contribution in [1.82, 2.24) is 4.90 Å². The van der Waals surface area contributed by atoms with E-state index in [1.807, 2.05) is 14.1 Å². The molecule has 0 heterocycles. The number of ether oxygens (including phenoxy) is 1. The number of carbonyl (C=O) groups excluding carboxylic acids is 1. The number of benzene rings is 1. The molecule has 1 aromatic carbocycles. The van der Waals surface area contributed by atoms with Crippen LogP contribution in [-0.4, -0.2) is 38.6 Å². The van der Waals surface area contributed by atoms with Gasteiger partial charge in [0, 0.05) is 6.54 Å². The molecular formula is C17H24FNO2. The third kappa shape index (κ3) is 3.82. The largest absolute Gasteiger partial charge is 0.469 e. The minimum atomic E-state index is -0.242. The van der Waals surface area contributed by atoms with Crippen molar-refractivity contribution in [2.75, 3.05) is 27.7 Å². The monoisotopic (exact) mass is 293 g/mol. The second-order valence-electron chi connectivity index (χ2n) is 6.16. The number of hydrogen-bond acceptors (Lipinski definition) is 3. The van der Waals surface area contributed by atoms with Gasteiger partial charge in [0.15, 0.2) is 0 Å². The second-order valence-corrected chi connectivity index (χ2v) is 6.16. The lowest BCUT2D eigenvalue weighted by Crippen LogP contribution is -2.39. The smallest absolute Gasteiger partial charge is 0.309 e. The fraction of sp³-hybridized carbons (Fsp3) is 0.588. The van der Waals surface area contributed by atoms with Gasteiger partial charge in [0.05, 0.1) is 13.0 Å². The average Bonchev–Trinajstić information content (AvgIpc) is 2.46. The lowest BCUT2D eigenvalue weighted by Gasteiger charge is -2.38. The van der Waals surface area contributed by atoms with Crippen molar-refractivity contribution in [2.45, 2.75) is 25.2 Å². The number of rotatable bonds is 4. The first-order valence-electron chi connectivity index (χ1n) is 7.51. The van der Waals surface area contributed by atoms with E-state index >= 15 is 0 Å². The van der Waals surface area contributed by atoms with Crippen molar-refractivity contribution in [3.63, 3.8) is 0 Å². The molecule has 4 heteroatoms. The van der Waals surface area contributed by atoms with Crippen molar-refractivity contribution in [3.8, 4) is 0 Å². The maximum atomic E-state index is 13.1. The Bertz CT molecular complexity index is 472. The first-order valence-corrected chi connectivity index (χ1v) is 7.51. The lowest BCUT2D eigenvalue weighted by molar-refractivity contribution is -0.149. The zero-order valence-corrected chi connectivity index (χ0v) is 13.0. The Labute approximate surface area is 126 Å². The highest BCUT2D eigenvalue weighted by atomic mass is 19.1. The van der Waals surface area contributed by atoms with E-state index in [4.69, 9.17) is 4.74 Å². The molecule has 2 rings (SSSR count). The molecular weight excluding hydrogens is 269 g/mol. The summed E-state index contributed by atoms with van der Waals surface area (Å²) in [7, 11) is 5.50. The molecule has 1 aliphatic rings. The molecule has 0 aromatic heterocycles. The van der Waals surface area contributed by atoms with Gasteiger partial charge in [0.25, 0.3) is 0 Å². The number of carbonyl (C=O) groups is 1. The van der Waals surface area contributed by atoms with Crippen molar-refractivity contribution in [2.24, 2.45) is 11.8 Å². The summed E-state index contributed by atoms with van der Waals surface area (Å²) in [4.78, 5) is 14.4. The molecule has 1 aromatic rings. The van der Waals surface area contributed by atoms with Gasteiger partial charge < -0.3 is 9.64 Å². The predicted octanol–water partition coefficient (Wildman–Crippen LogP) is 3.06. The molecule has 0 N–H and O–H groups in total. The molecule has 21 heavy (non-hydrogen) atoms. The molecule has 3 unspecified atom stereocenters. The highest BCUT2D eigenvalue weighted by Crippen LogP contribution is 2.42. The van der Waals surface area contributed by atoms with E-state index in [-0.39, 0.29) is 29.5 Å². The minimum Gasteiger partial charge on any atom is -0.469 e. The van der Waals surface area contributed by atoms with Gasteiger partial charge in [0.2, 0.25) is 0 Å². The fourth-order valence-corrected chi connectivity index (χ4v) is 3.54. The average molecular weight is 293 g/mol. The third-order valence-electron chi connectivity index (χ3n) is 4.40. The maximum Gasteiger partial charge on any atom is 0.309 e. The Hall–Kier alpha value is -1.42. The summed E-state index contributed by atoms with van der Waals surface area (Å²) < 4.78 is 18.2. The summed E-state index contributed by atoms with van der Waals surface area (Å²) >= 11 is 0. The van der Waals surface area contributed by atoms with E-state index in [0.29, 0.717) is 0 Å². The standard InChI is InChI=1S/C17H24FNO2/c1-19(2)11-13-5-4-6-15(16(13)17(20)21-3)12-7-9-14(18)10-8-12/h7-10,13,15-16H,4-6,11H2,1-3H3. The lowest BCUT2D eigenvalue weighted by atomic mass is 9.69. The second kappa shape index (κ2) is 7.03. The van der Waals surface area contributed by atoms with Crippen LogP contribution in [-0.2, 0) is 9.53 Å². The molecule has 116 valence electrons. The number of methoxy groups -OCH3 is 1. The van der Waals surface area contributed by atoms with Gasteiger partial charge in [-0.25, -0.2) is 4.39 Å². The molecule has 0 bridgehead atoms. The summed E-state index contributed by atoms with van der Waals surface area (Å²) in [5.74, 6) is -0.116. The van der Waals surface area contributed by atoms with E-state index in [1.165, 1.54) is 19.2 Å². The highest BCUT2D eigenvalue weighted by Gasteiger charge is 2.39. The highest BCUT2D eigenvalue weighted by molar-refractivity contribution is 5.74. The van der Waals surface area contributed by atoms with E-state index in [2.05, 4.69) is 4.90 Å². The van der Waals surface area contributed by atoms with E-state index in [0.717, 1.165) is 31.4 Å². The summed E-state index contributed by atoms with van der Waals surface area (Å²) in [5, 5.41) is 0. The van der Waals surface area contributed by atoms with Crippen molar-refractivity contribution in [1.29, 1.82) is 0 Å². The maximum absolute atomic E-state index is 13.1. The van der Waals surface area contributed by atoms with Crippen LogP contribution >= 0.6 is 0 Å². The van der Waals surface area contributed by atoms with Crippen LogP contribution in [0.5, 0.6) is 0 Å². The van der Waals surface area contributed by atoms with Gasteiger partial charge >= 0.3 is 5.97 Å². The number of hydrogen-bond donors (Lipinski definition) is 0. The van der Waals surface area contributed by atoms with Gasteiger partial charge in [-0.05, 0) is 56.5 Å². The van der Waals surface area contributed by atoms with Crippen LogP contribution in [0.15, 0.2) is 24.3 Å². The van der Waals surface area contributed by atoms with Crippen LogP contribution in [0.2, 0.25) is 0 Å². The van der Waals surface area contributed by atoms with Crippen LogP contribution in [0.1, 0.15) is 30.7 Å². The molecule has 0 radical (unpaired) electrons. The normalized spacial score (nSPS) is 25.9. The summed E-state index contributed by atoms with van der Waals surface area (Å²) in [6.07, 6.45) is 3.08. The van der Waals surface area contributed by atoms with E-state index < -0.39 is 0 Å². The van der Waals surface area contributed by atoms with Crippen LogP contribution in [0.25, 0.3) is 0 Å². The number of nitrogens with zero attached hydrogens (tertiary/aromatic N) is 1.